The van der Waals surface area contributed by atoms with Gasteiger partial charge in [0, 0.05) is 6.04 Å². The molecule has 2 unspecified atom stereocenters. The largest absolute Gasteiger partial charge is 0.474 e. The van der Waals surface area contributed by atoms with Crippen LogP contribution >= 0.6 is 0 Å². The second-order valence-corrected chi connectivity index (χ2v) is 3.43. The van der Waals surface area contributed by atoms with Crippen molar-refractivity contribution in [3.63, 3.8) is 0 Å². The molecule has 4 nitrogen and oxygen atoms in total. The summed E-state index contributed by atoms with van der Waals surface area (Å²) in [6.45, 7) is 5.95. The van der Waals surface area contributed by atoms with Crippen LogP contribution in [0.1, 0.15) is 33.6 Å². The molecular formula is C9H17NO3. The van der Waals surface area contributed by atoms with Gasteiger partial charge in [-0.2, -0.15) is 0 Å². The number of amides is 1. The van der Waals surface area contributed by atoms with E-state index in [1.54, 1.807) is 0 Å². The highest BCUT2D eigenvalue weighted by Gasteiger charge is 2.15. The third-order valence-corrected chi connectivity index (χ3v) is 2.02. The molecule has 76 valence electrons. The molecule has 0 aliphatic rings. The molecule has 0 heterocycles. The molecule has 0 fully saturated rings. The Morgan fingerprint density at radius 3 is 2.31 bits per heavy atom. The first kappa shape index (κ1) is 11.9. The predicted molar refractivity (Wildman–Crippen MR) is 49.3 cm³/mol. The van der Waals surface area contributed by atoms with Crippen molar-refractivity contribution in [1.82, 2.24) is 5.32 Å². The number of carboxylic acid groups (broad SMARTS) is 1. The average molecular weight is 187 g/mol. The van der Waals surface area contributed by atoms with Crippen molar-refractivity contribution in [1.29, 1.82) is 0 Å². The monoisotopic (exact) mass is 187 g/mol. The van der Waals surface area contributed by atoms with E-state index in [1.165, 1.54) is 0 Å². The van der Waals surface area contributed by atoms with Crippen LogP contribution in [0.3, 0.4) is 0 Å². The van der Waals surface area contributed by atoms with E-state index < -0.39 is 11.9 Å². The van der Waals surface area contributed by atoms with Crippen molar-refractivity contribution in [3.8, 4) is 0 Å². The number of hydrogen-bond donors (Lipinski definition) is 2. The number of carbonyl (C=O) groups excluding carboxylic acids is 1. The first-order valence-electron chi connectivity index (χ1n) is 4.51. The van der Waals surface area contributed by atoms with Gasteiger partial charge in [-0.3, -0.25) is 4.79 Å². The number of carbonyl (C=O) groups is 2. The van der Waals surface area contributed by atoms with Crippen LogP contribution in [0, 0.1) is 5.92 Å². The second-order valence-electron chi connectivity index (χ2n) is 3.43. The van der Waals surface area contributed by atoms with Crippen molar-refractivity contribution in [2.45, 2.75) is 39.7 Å². The van der Waals surface area contributed by atoms with Crippen molar-refractivity contribution in [2.75, 3.05) is 0 Å². The van der Waals surface area contributed by atoms with E-state index in [2.05, 4.69) is 19.2 Å². The summed E-state index contributed by atoms with van der Waals surface area (Å²) < 4.78 is 0. The summed E-state index contributed by atoms with van der Waals surface area (Å²) in [5.74, 6) is -1.84. The lowest BCUT2D eigenvalue weighted by molar-refractivity contribution is -0.150. The van der Waals surface area contributed by atoms with Crippen LogP contribution in [-0.2, 0) is 9.59 Å². The zero-order chi connectivity index (χ0) is 10.4. The highest BCUT2D eigenvalue weighted by atomic mass is 16.4. The Morgan fingerprint density at radius 2 is 1.92 bits per heavy atom. The van der Waals surface area contributed by atoms with E-state index in [-0.39, 0.29) is 6.04 Å². The Kier molecular flexibility index (Phi) is 5.11. The molecule has 4 heteroatoms. The van der Waals surface area contributed by atoms with Crippen LogP contribution in [0.4, 0.5) is 0 Å². The zero-order valence-corrected chi connectivity index (χ0v) is 8.33. The molecule has 0 aliphatic carbocycles. The molecular weight excluding hydrogens is 170 g/mol. The summed E-state index contributed by atoms with van der Waals surface area (Å²) in [5, 5.41) is 10.7. The molecule has 0 bridgehead atoms. The predicted octanol–water partition coefficient (Wildman–Crippen LogP) is 1.01. The van der Waals surface area contributed by atoms with E-state index in [1.807, 2.05) is 6.92 Å². The highest BCUT2D eigenvalue weighted by molar-refractivity contribution is 6.31. The standard InChI is InChI=1S/C9H17NO3/c1-4-6(2)5-7(3)10-8(11)9(12)13/h6-7H,4-5H2,1-3H3,(H,10,11)(H,12,13). The molecule has 1 amide bonds. The van der Waals surface area contributed by atoms with Crippen molar-refractivity contribution in [2.24, 2.45) is 5.92 Å². The van der Waals surface area contributed by atoms with Gasteiger partial charge in [0.25, 0.3) is 0 Å². The summed E-state index contributed by atoms with van der Waals surface area (Å²) >= 11 is 0. The Labute approximate surface area is 78.3 Å². The van der Waals surface area contributed by atoms with Gasteiger partial charge in [0.1, 0.15) is 0 Å². The first-order valence-corrected chi connectivity index (χ1v) is 4.51. The number of carboxylic acids is 1. The van der Waals surface area contributed by atoms with E-state index in [0.29, 0.717) is 5.92 Å². The zero-order valence-electron chi connectivity index (χ0n) is 8.33. The van der Waals surface area contributed by atoms with Gasteiger partial charge in [0.2, 0.25) is 0 Å². The van der Waals surface area contributed by atoms with Crippen LogP contribution < -0.4 is 5.32 Å². The minimum atomic E-state index is -1.42. The maximum Gasteiger partial charge on any atom is 0.394 e. The molecule has 0 aromatic rings. The summed E-state index contributed by atoms with van der Waals surface area (Å²) in [5.41, 5.74) is 0. The van der Waals surface area contributed by atoms with Crippen LogP contribution in [-0.4, -0.2) is 23.0 Å². The summed E-state index contributed by atoms with van der Waals surface area (Å²) in [4.78, 5) is 20.9. The van der Waals surface area contributed by atoms with Gasteiger partial charge in [-0.05, 0) is 19.3 Å². The lowest BCUT2D eigenvalue weighted by Gasteiger charge is -2.15. The number of hydrogen-bond acceptors (Lipinski definition) is 2. The third-order valence-electron chi connectivity index (χ3n) is 2.02. The molecule has 0 aromatic heterocycles. The average Bonchev–Trinajstić information content (AvgIpc) is 2.03. The molecule has 0 radical (unpaired) electrons. The second kappa shape index (κ2) is 5.56. The lowest BCUT2D eigenvalue weighted by atomic mass is 10.0. The minimum Gasteiger partial charge on any atom is -0.474 e. The third kappa shape index (κ3) is 5.22. The molecule has 0 saturated heterocycles. The molecule has 0 aromatic carbocycles. The smallest absolute Gasteiger partial charge is 0.394 e. The van der Waals surface area contributed by atoms with Crippen molar-refractivity contribution >= 4 is 11.9 Å². The van der Waals surface area contributed by atoms with Crippen LogP contribution in [0.25, 0.3) is 0 Å². The number of rotatable bonds is 4. The molecule has 0 rings (SSSR count). The van der Waals surface area contributed by atoms with E-state index in [9.17, 15) is 9.59 Å². The molecule has 0 spiro atoms. The Bertz CT molecular complexity index is 191. The molecule has 13 heavy (non-hydrogen) atoms. The SMILES string of the molecule is CCC(C)CC(C)NC(=O)C(=O)O. The first-order chi connectivity index (χ1) is 5.97. The highest BCUT2D eigenvalue weighted by Crippen LogP contribution is 2.08. The Balaban J connectivity index is 3.80. The summed E-state index contributed by atoms with van der Waals surface area (Å²) in [6, 6.07) is -0.0708. The maximum absolute atomic E-state index is 10.7. The van der Waals surface area contributed by atoms with Crippen LogP contribution in [0.15, 0.2) is 0 Å². The number of nitrogens with one attached hydrogen (secondary N) is 1. The maximum atomic E-state index is 10.7. The van der Waals surface area contributed by atoms with Gasteiger partial charge in [0.15, 0.2) is 0 Å². The molecule has 0 aliphatic heterocycles. The fraction of sp³-hybridized carbons (Fsp3) is 0.778. The van der Waals surface area contributed by atoms with Gasteiger partial charge in [0.05, 0.1) is 0 Å². The normalized spacial score (nSPS) is 14.7. The van der Waals surface area contributed by atoms with E-state index in [4.69, 9.17) is 5.11 Å². The fourth-order valence-electron chi connectivity index (χ4n) is 1.11. The van der Waals surface area contributed by atoms with Gasteiger partial charge in [-0.25, -0.2) is 4.79 Å². The van der Waals surface area contributed by atoms with Crippen LogP contribution in [0.5, 0.6) is 0 Å². The van der Waals surface area contributed by atoms with E-state index in [0.717, 1.165) is 12.8 Å². The molecule has 0 saturated carbocycles. The van der Waals surface area contributed by atoms with Gasteiger partial charge in [-0.15, -0.1) is 0 Å². The number of aliphatic carboxylic acids is 1. The lowest BCUT2D eigenvalue weighted by Crippen LogP contribution is -2.38. The van der Waals surface area contributed by atoms with Crippen molar-refractivity contribution in [3.05, 3.63) is 0 Å². The quantitative estimate of drug-likeness (QED) is 0.645. The summed E-state index contributed by atoms with van der Waals surface area (Å²) in [6.07, 6.45) is 1.85. The van der Waals surface area contributed by atoms with Gasteiger partial charge < -0.3 is 10.4 Å². The summed E-state index contributed by atoms with van der Waals surface area (Å²) in [7, 11) is 0. The van der Waals surface area contributed by atoms with Gasteiger partial charge >= 0.3 is 11.9 Å². The molecule has 2 N–H and O–H groups in total. The Hall–Kier alpha value is -1.06. The molecule has 2 atom stereocenters. The fourth-order valence-corrected chi connectivity index (χ4v) is 1.11. The van der Waals surface area contributed by atoms with Gasteiger partial charge in [-0.1, -0.05) is 20.3 Å². The Morgan fingerprint density at radius 1 is 1.38 bits per heavy atom. The van der Waals surface area contributed by atoms with Crippen molar-refractivity contribution < 1.29 is 14.7 Å². The van der Waals surface area contributed by atoms with E-state index >= 15 is 0 Å². The minimum absolute atomic E-state index is 0.0708. The van der Waals surface area contributed by atoms with Crippen LogP contribution in [0.2, 0.25) is 0 Å². The topological polar surface area (TPSA) is 66.4 Å².